The van der Waals surface area contributed by atoms with E-state index < -0.39 is 48.9 Å². The van der Waals surface area contributed by atoms with Gasteiger partial charge in [-0.25, -0.2) is 4.79 Å². The quantitative estimate of drug-likeness (QED) is 0.303. The zero-order valence-corrected chi connectivity index (χ0v) is 10.2. The Morgan fingerprint density at radius 2 is 2.05 bits per heavy atom. The second kappa shape index (κ2) is 6.09. The first-order chi connectivity index (χ1) is 8.80. The minimum absolute atomic E-state index is 0.322. The molecule has 0 spiro atoms. The second-order valence-electron chi connectivity index (χ2n) is 4.32. The molecule has 1 fully saturated rings. The van der Waals surface area contributed by atoms with Crippen LogP contribution in [0.25, 0.3) is 0 Å². The lowest BCUT2D eigenvalue weighted by atomic mass is 9.91. The number of aliphatic hydroxyl groups is 5. The smallest absolute Gasteiger partial charge is 0.367 e. The van der Waals surface area contributed by atoms with Crippen LogP contribution in [-0.2, 0) is 14.3 Å². The van der Waals surface area contributed by atoms with Crippen LogP contribution in [0.4, 0.5) is 0 Å². The molecule has 0 aromatic rings. The van der Waals surface area contributed by atoms with Crippen LogP contribution < -0.4 is 0 Å². The number of rotatable bonds is 5. The molecule has 0 saturated carbocycles. The van der Waals surface area contributed by atoms with Crippen LogP contribution in [0.2, 0.25) is 0 Å². The van der Waals surface area contributed by atoms with Crippen molar-refractivity contribution in [1.29, 1.82) is 0 Å². The molecule has 1 aliphatic heterocycles. The summed E-state index contributed by atoms with van der Waals surface area (Å²) >= 11 is 0. The molecule has 9 nitrogen and oxygen atoms in total. The predicted molar refractivity (Wildman–Crippen MR) is 58.0 cm³/mol. The molecular formula is C10H18O9. The van der Waals surface area contributed by atoms with Gasteiger partial charge in [-0.3, -0.25) is 0 Å². The number of carbonyl (C=O) groups is 1. The van der Waals surface area contributed by atoms with Gasteiger partial charge in [0.25, 0.3) is 5.79 Å². The van der Waals surface area contributed by atoms with Gasteiger partial charge in [-0.05, 0) is 0 Å². The molecule has 1 aliphatic rings. The molecule has 6 atom stereocenters. The molecule has 0 radical (unpaired) electrons. The molecule has 6 N–H and O–H groups in total. The van der Waals surface area contributed by atoms with Gasteiger partial charge in [0, 0.05) is 13.5 Å². The van der Waals surface area contributed by atoms with Crippen LogP contribution in [-0.4, -0.2) is 86.6 Å². The van der Waals surface area contributed by atoms with Crippen molar-refractivity contribution in [3.8, 4) is 0 Å². The molecule has 1 saturated heterocycles. The Bertz CT molecular complexity index is 322. The van der Waals surface area contributed by atoms with E-state index in [-0.39, 0.29) is 6.42 Å². The Morgan fingerprint density at radius 3 is 2.47 bits per heavy atom. The summed E-state index contributed by atoms with van der Waals surface area (Å²) in [7, 11) is 0.960. The topological polar surface area (TPSA) is 157 Å². The Balaban J connectivity index is 2.98. The summed E-state index contributed by atoms with van der Waals surface area (Å²) in [4.78, 5) is 11.2. The Kier molecular flexibility index (Phi) is 5.21. The summed E-state index contributed by atoms with van der Waals surface area (Å²) in [5.41, 5.74) is 0. The van der Waals surface area contributed by atoms with Crippen molar-refractivity contribution in [3.05, 3.63) is 0 Å². The maximum Gasteiger partial charge on any atom is 0.367 e. The van der Waals surface area contributed by atoms with Crippen LogP contribution >= 0.6 is 0 Å². The lowest BCUT2D eigenvalue weighted by Crippen LogP contribution is -2.65. The zero-order valence-electron chi connectivity index (χ0n) is 10.2. The van der Waals surface area contributed by atoms with Gasteiger partial charge in [-0.1, -0.05) is 0 Å². The summed E-state index contributed by atoms with van der Waals surface area (Å²) in [6, 6.07) is 0. The van der Waals surface area contributed by atoms with Gasteiger partial charge in [0.1, 0.15) is 18.3 Å². The Labute approximate surface area is 108 Å². The SMILES string of the molecule is CO[C@@]1(C(=O)O)O[C@@H]([C@H](O)[C@@H](O)CO)C[C@H](O)[C@H]1O. The first kappa shape index (κ1) is 16.2. The third-order valence-corrected chi connectivity index (χ3v) is 3.12. The summed E-state index contributed by atoms with van der Waals surface area (Å²) in [5.74, 6) is -4.23. The fourth-order valence-corrected chi connectivity index (χ4v) is 1.96. The standard InChI is InChI=1S/C10H18O9/c1-18-10(9(16)17)8(15)4(12)2-6(19-10)7(14)5(13)3-11/h4-8,11-15H,2-3H2,1H3,(H,16,17)/t4-,5-,6+,7+,8+,10+/m0/s1. The summed E-state index contributed by atoms with van der Waals surface area (Å²) in [6.45, 7) is -0.771. The van der Waals surface area contributed by atoms with Crippen LogP contribution in [0.15, 0.2) is 0 Å². The highest BCUT2D eigenvalue weighted by Crippen LogP contribution is 2.32. The van der Waals surface area contributed by atoms with E-state index in [2.05, 4.69) is 4.74 Å². The average Bonchev–Trinajstić information content (AvgIpc) is 2.39. The number of aliphatic hydroxyl groups excluding tert-OH is 5. The monoisotopic (exact) mass is 282 g/mol. The summed E-state index contributed by atoms with van der Waals surface area (Å²) in [6.07, 6.45) is -8.24. The second-order valence-corrected chi connectivity index (χ2v) is 4.32. The maximum absolute atomic E-state index is 11.2. The fraction of sp³-hybridized carbons (Fsp3) is 0.900. The first-order valence-electron chi connectivity index (χ1n) is 5.59. The van der Waals surface area contributed by atoms with Gasteiger partial charge in [0.05, 0.1) is 18.8 Å². The van der Waals surface area contributed by atoms with E-state index in [0.717, 1.165) is 7.11 Å². The molecule has 0 bridgehead atoms. The van der Waals surface area contributed by atoms with Crippen molar-refractivity contribution in [2.75, 3.05) is 13.7 Å². The minimum atomic E-state index is -2.54. The van der Waals surface area contributed by atoms with Crippen LogP contribution in [0, 0.1) is 0 Å². The number of hydrogen-bond donors (Lipinski definition) is 6. The van der Waals surface area contributed by atoms with Gasteiger partial charge in [0.2, 0.25) is 0 Å². The average molecular weight is 282 g/mol. The number of ether oxygens (including phenoxy) is 2. The molecule has 112 valence electrons. The molecule has 0 aromatic carbocycles. The van der Waals surface area contributed by atoms with Crippen molar-refractivity contribution >= 4 is 5.97 Å². The van der Waals surface area contributed by atoms with Gasteiger partial charge in [0.15, 0.2) is 0 Å². The molecule has 0 aromatic heterocycles. The van der Waals surface area contributed by atoms with Gasteiger partial charge in [-0.15, -0.1) is 0 Å². The van der Waals surface area contributed by atoms with Crippen LogP contribution in [0.5, 0.6) is 0 Å². The van der Waals surface area contributed by atoms with Crippen molar-refractivity contribution < 1.29 is 44.9 Å². The predicted octanol–water partition coefficient (Wildman–Crippen LogP) is -3.36. The van der Waals surface area contributed by atoms with E-state index in [1.54, 1.807) is 0 Å². The largest absolute Gasteiger partial charge is 0.477 e. The van der Waals surface area contributed by atoms with E-state index in [0.29, 0.717) is 0 Å². The highest BCUT2D eigenvalue weighted by molar-refractivity contribution is 5.77. The van der Waals surface area contributed by atoms with Crippen molar-refractivity contribution in [1.82, 2.24) is 0 Å². The first-order valence-corrected chi connectivity index (χ1v) is 5.59. The molecule has 0 amide bonds. The highest BCUT2D eigenvalue weighted by Gasteiger charge is 2.57. The number of hydrogen-bond acceptors (Lipinski definition) is 8. The summed E-state index contributed by atoms with van der Waals surface area (Å²) in [5, 5.41) is 56.1. The maximum atomic E-state index is 11.2. The van der Waals surface area contributed by atoms with Gasteiger partial charge >= 0.3 is 5.97 Å². The summed E-state index contributed by atoms with van der Waals surface area (Å²) < 4.78 is 9.63. The molecular weight excluding hydrogens is 264 g/mol. The molecule has 1 heterocycles. The Morgan fingerprint density at radius 1 is 1.47 bits per heavy atom. The van der Waals surface area contributed by atoms with Gasteiger partial charge in [-0.2, -0.15) is 0 Å². The van der Waals surface area contributed by atoms with Crippen LogP contribution in [0.3, 0.4) is 0 Å². The van der Waals surface area contributed by atoms with Crippen molar-refractivity contribution in [2.45, 2.75) is 42.7 Å². The molecule has 1 rings (SSSR count). The Hall–Kier alpha value is -0.810. The third-order valence-electron chi connectivity index (χ3n) is 3.12. The van der Waals surface area contributed by atoms with Crippen LogP contribution in [0.1, 0.15) is 6.42 Å². The number of carboxylic acid groups (broad SMARTS) is 1. The van der Waals surface area contributed by atoms with E-state index in [1.807, 2.05) is 0 Å². The zero-order chi connectivity index (χ0) is 14.8. The molecule has 0 aliphatic carbocycles. The van der Waals surface area contributed by atoms with E-state index >= 15 is 0 Å². The molecule has 9 heteroatoms. The fourth-order valence-electron chi connectivity index (χ4n) is 1.96. The van der Waals surface area contributed by atoms with E-state index in [4.69, 9.17) is 14.9 Å². The molecule has 0 unspecified atom stereocenters. The van der Waals surface area contributed by atoms with Gasteiger partial charge < -0.3 is 40.1 Å². The van der Waals surface area contributed by atoms with Crippen molar-refractivity contribution in [2.24, 2.45) is 0 Å². The third kappa shape index (κ3) is 2.87. The number of methoxy groups -OCH3 is 1. The highest BCUT2D eigenvalue weighted by atomic mass is 16.7. The normalized spacial score (nSPS) is 38.7. The minimum Gasteiger partial charge on any atom is -0.477 e. The molecule has 19 heavy (non-hydrogen) atoms. The lowest BCUT2D eigenvalue weighted by Gasteiger charge is -2.44. The van der Waals surface area contributed by atoms with E-state index in [1.165, 1.54) is 0 Å². The number of carboxylic acids is 1. The van der Waals surface area contributed by atoms with E-state index in [9.17, 15) is 25.2 Å². The lowest BCUT2D eigenvalue weighted by molar-refractivity contribution is -0.334. The number of aliphatic carboxylic acids is 1. The van der Waals surface area contributed by atoms with Crippen molar-refractivity contribution in [3.63, 3.8) is 0 Å².